The Hall–Kier alpha value is -1.43. The van der Waals surface area contributed by atoms with Gasteiger partial charge in [-0.05, 0) is 24.3 Å². The first-order valence-corrected chi connectivity index (χ1v) is 6.66. The highest BCUT2D eigenvalue weighted by molar-refractivity contribution is 5.97. The van der Waals surface area contributed by atoms with Gasteiger partial charge in [-0.25, -0.2) is 0 Å². The van der Waals surface area contributed by atoms with E-state index in [0.29, 0.717) is 5.56 Å². The molecule has 104 valence electrons. The van der Waals surface area contributed by atoms with Gasteiger partial charge in [0.1, 0.15) is 0 Å². The summed E-state index contributed by atoms with van der Waals surface area (Å²) in [7, 11) is 0. The maximum absolute atomic E-state index is 11.4. The minimum Gasteiger partial charge on any atom is -0.395 e. The minimum atomic E-state index is -0.0284. The van der Waals surface area contributed by atoms with Gasteiger partial charge in [-0.15, -0.1) is 0 Å². The summed E-state index contributed by atoms with van der Waals surface area (Å²) in [6, 6.07) is 7.63. The van der Waals surface area contributed by atoms with Crippen molar-refractivity contribution in [2.24, 2.45) is 5.73 Å². The number of carbonyl (C=O) groups excluding carboxylic acids is 1. The van der Waals surface area contributed by atoms with Crippen LogP contribution in [-0.2, 0) is 0 Å². The second-order valence-electron chi connectivity index (χ2n) is 4.73. The van der Waals surface area contributed by atoms with Crippen molar-refractivity contribution in [1.29, 1.82) is 0 Å². The van der Waals surface area contributed by atoms with Gasteiger partial charge in [0.15, 0.2) is 5.78 Å². The topological polar surface area (TPSA) is 69.8 Å². The van der Waals surface area contributed by atoms with Crippen molar-refractivity contribution in [2.75, 3.05) is 50.8 Å². The standard InChI is InChI=1S/C14H21N3O2/c15-11-14(19)12-1-3-13(4-2-12)17-7-5-16(6-8-17)9-10-18/h1-4,18H,5-11,15H2. The highest BCUT2D eigenvalue weighted by atomic mass is 16.3. The molecule has 0 unspecified atom stereocenters. The lowest BCUT2D eigenvalue weighted by molar-refractivity contribution is 0.100. The number of benzene rings is 1. The quantitative estimate of drug-likeness (QED) is 0.729. The zero-order valence-electron chi connectivity index (χ0n) is 11.1. The summed E-state index contributed by atoms with van der Waals surface area (Å²) in [6.45, 7) is 4.84. The molecule has 1 fully saturated rings. The molecule has 0 radical (unpaired) electrons. The molecule has 1 heterocycles. The summed E-state index contributed by atoms with van der Waals surface area (Å²) in [5, 5.41) is 8.91. The number of carbonyl (C=O) groups is 1. The van der Waals surface area contributed by atoms with Crippen LogP contribution in [0.4, 0.5) is 5.69 Å². The maximum Gasteiger partial charge on any atom is 0.176 e. The summed E-state index contributed by atoms with van der Waals surface area (Å²) in [6.07, 6.45) is 0. The van der Waals surface area contributed by atoms with Crippen molar-refractivity contribution in [2.45, 2.75) is 0 Å². The third-order valence-corrected chi connectivity index (χ3v) is 3.53. The molecule has 0 amide bonds. The minimum absolute atomic E-state index is 0.0284. The van der Waals surface area contributed by atoms with Crippen LogP contribution in [-0.4, -0.2) is 61.7 Å². The number of piperazine rings is 1. The first kappa shape index (κ1) is 14.0. The molecule has 5 heteroatoms. The normalized spacial score (nSPS) is 16.6. The van der Waals surface area contributed by atoms with E-state index in [-0.39, 0.29) is 18.9 Å². The molecule has 0 saturated carbocycles. The van der Waals surface area contributed by atoms with E-state index >= 15 is 0 Å². The van der Waals surface area contributed by atoms with Crippen LogP contribution in [0.1, 0.15) is 10.4 Å². The summed E-state index contributed by atoms with van der Waals surface area (Å²) >= 11 is 0. The van der Waals surface area contributed by atoms with E-state index < -0.39 is 0 Å². The Labute approximate surface area is 113 Å². The first-order valence-electron chi connectivity index (χ1n) is 6.66. The molecule has 1 aromatic carbocycles. The Morgan fingerprint density at radius 1 is 1.16 bits per heavy atom. The second-order valence-corrected chi connectivity index (χ2v) is 4.73. The van der Waals surface area contributed by atoms with Crippen LogP contribution in [0.25, 0.3) is 0 Å². The fourth-order valence-corrected chi connectivity index (χ4v) is 2.35. The Kier molecular flexibility index (Phi) is 4.90. The monoisotopic (exact) mass is 263 g/mol. The van der Waals surface area contributed by atoms with Crippen LogP contribution in [0.3, 0.4) is 0 Å². The zero-order valence-corrected chi connectivity index (χ0v) is 11.1. The van der Waals surface area contributed by atoms with Crippen molar-refractivity contribution in [1.82, 2.24) is 4.90 Å². The average molecular weight is 263 g/mol. The molecule has 0 aromatic heterocycles. The fourth-order valence-electron chi connectivity index (χ4n) is 2.35. The molecule has 1 aliphatic rings. The average Bonchev–Trinajstić information content (AvgIpc) is 2.48. The van der Waals surface area contributed by atoms with Crippen LogP contribution >= 0.6 is 0 Å². The van der Waals surface area contributed by atoms with Gasteiger partial charge in [-0.1, -0.05) is 0 Å². The molecular weight excluding hydrogens is 242 g/mol. The third kappa shape index (κ3) is 3.53. The highest BCUT2D eigenvalue weighted by Gasteiger charge is 2.16. The molecule has 1 aromatic rings. The van der Waals surface area contributed by atoms with Crippen LogP contribution in [0.2, 0.25) is 0 Å². The lowest BCUT2D eigenvalue weighted by Crippen LogP contribution is -2.47. The molecule has 5 nitrogen and oxygen atoms in total. The van der Waals surface area contributed by atoms with Gasteiger partial charge in [0.2, 0.25) is 0 Å². The molecule has 3 N–H and O–H groups in total. The van der Waals surface area contributed by atoms with E-state index in [2.05, 4.69) is 9.80 Å². The van der Waals surface area contributed by atoms with E-state index in [1.807, 2.05) is 24.3 Å². The number of β-amino-alcohol motifs (C(OH)–C–C–N with tert-alkyl or cyclic N) is 1. The molecule has 2 rings (SSSR count). The van der Waals surface area contributed by atoms with E-state index in [1.54, 1.807) is 0 Å². The smallest absolute Gasteiger partial charge is 0.176 e. The zero-order chi connectivity index (χ0) is 13.7. The Balaban J connectivity index is 1.94. The van der Waals surface area contributed by atoms with Crippen molar-refractivity contribution in [3.05, 3.63) is 29.8 Å². The van der Waals surface area contributed by atoms with E-state index in [1.165, 1.54) is 0 Å². The van der Waals surface area contributed by atoms with Gasteiger partial charge < -0.3 is 15.7 Å². The number of nitrogens with zero attached hydrogens (tertiary/aromatic N) is 2. The number of hydrogen-bond donors (Lipinski definition) is 2. The maximum atomic E-state index is 11.4. The Bertz CT molecular complexity index is 411. The van der Waals surface area contributed by atoms with Gasteiger partial charge in [0.05, 0.1) is 13.2 Å². The SMILES string of the molecule is NCC(=O)c1ccc(N2CCN(CCO)CC2)cc1. The van der Waals surface area contributed by atoms with E-state index in [4.69, 9.17) is 10.8 Å². The molecule has 0 aliphatic carbocycles. The molecule has 1 saturated heterocycles. The molecule has 0 spiro atoms. The van der Waals surface area contributed by atoms with Crippen molar-refractivity contribution >= 4 is 11.5 Å². The molecule has 1 aliphatic heterocycles. The number of aliphatic hydroxyl groups excluding tert-OH is 1. The molecule has 0 bridgehead atoms. The Morgan fingerprint density at radius 2 is 1.79 bits per heavy atom. The molecule has 19 heavy (non-hydrogen) atoms. The first-order chi connectivity index (χ1) is 9.24. The number of ketones is 1. The van der Waals surface area contributed by atoms with Crippen molar-refractivity contribution in [3.8, 4) is 0 Å². The van der Waals surface area contributed by atoms with Gasteiger partial charge >= 0.3 is 0 Å². The predicted molar refractivity (Wildman–Crippen MR) is 75.6 cm³/mol. The number of nitrogens with two attached hydrogens (primary N) is 1. The molecular formula is C14H21N3O2. The van der Waals surface area contributed by atoms with E-state index in [0.717, 1.165) is 38.4 Å². The lowest BCUT2D eigenvalue weighted by Gasteiger charge is -2.35. The molecule has 0 atom stereocenters. The summed E-state index contributed by atoms with van der Waals surface area (Å²) in [4.78, 5) is 16.0. The summed E-state index contributed by atoms with van der Waals surface area (Å²) in [5.74, 6) is -0.0284. The van der Waals surface area contributed by atoms with Crippen molar-refractivity contribution in [3.63, 3.8) is 0 Å². The number of rotatable bonds is 5. The number of anilines is 1. The summed E-state index contributed by atoms with van der Waals surface area (Å²) < 4.78 is 0. The van der Waals surface area contributed by atoms with Crippen LogP contribution in [0.15, 0.2) is 24.3 Å². The highest BCUT2D eigenvalue weighted by Crippen LogP contribution is 2.17. The predicted octanol–water partition coefficient (Wildman–Crippen LogP) is -0.0577. The van der Waals surface area contributed by atoms with Gasteiger partial charge in [-0.3, -0.25) is 9.69 Å². The fraction of sp³-hybridized carbons (Fsp3) is 0.500. The van der Waals surface area contributed by atoms with Gasteiger partial charge in [0, 0.05) is 44.0 Å². The summed E-state index contributed by atoms with van der Waals surface area (Å²) in [5.41, 5.74) is 7.15. The lowest BCUT2D eigenvalue weighted by atomic mass is 10.1. The van der Waals surface area contributed by atoms with Crippen LogP contribution in [0.5, 0.6) is 0 Å². The van der Waals surface area contributed by atoms with Gasteiger partial charge in [-0.2, -0.15) is 0 Å². The van der Waals surface area contributed by atoms with Gasteiger partial charge in [0.25, 0.3) is 0 Å². The van der Waals surface area contributed by atoms with Crippen LogP contribution in [0, 0.1) is 0 Å². The van der Waals surface area contributed by atoms with Crippen LogP contribution < -0.4 is 10.6 Å². The van der Waals surface area contributed by atoms with Crippen molar-refractivity contribution < 1.29 is 9.90 Å². The number of hydrogen-bond acceptors (Lipinski definition) is 5. The number of Topliss-reactive ketones (excluding diaryl/α,β-unsaturated/α-hetero) is 1. The largest absolute Gasteiger partial charge is 0.395 e. The number of aliphatic hydroxyl groups is 1. The van der Waals surface area contributed by atoms with E-state index in [9.17, 15) is 4.79 Å². The Morgan fingerprint density at radius 3 is 2.32 bits per heavy atom. The second kappa shape index (κ2) is 6.65. The third-order valence-electron chi connectivity index (χ3n) is 3.53.